The second-order valence-corrected chi connectivity index (χ2v) is 20.3. The number of carbonyl (C=O) groups excluding carboxylic acids is 1. The van der Waals surface area contributed by atoms with Gasteiger partial charge in [-0.05, 0) is 27.6 Å². The van der Waals surface area contributed by atoms with Crippen LogP contribution < -0.4 is 10.4 Å². The van der Waals surface area contributed by atoms with Crippen molar-refractivity contribution in [2.24, 2.45) is 0 Å². The molecular formula is C31H38O4Si2. The van der Waals surface area contributed by atoms with E-state index in [9.17, 15) is 4.79 Å². The zero-order valence-corrected chi connectivity index (χ0v) is 25.0. The Hall–Kier alpha value is -2.88. The van der Waals surface area contributed by atoms with Crippen LogP contribution in [0.25, 0.3) is 0 Å². The zero-order chi connectivity index (χ0) is 27.1. The van der Waals surface area contributed by atoms with Crippen molar-refractivity contribution in [2.75, 3.05) is 6.61 Å². The first kappa shape index (κ1) is 28.7. The molecule has 0 unspecified atom stereocenters. The van der Waals surface area contributed by atoms with Crippen molar-refractivity contribution in [2.45, 2.75) is 70.7 Å². The van der Waals surface area contributed by atoms with Gasteiger partial charge >= 0.3 is 5.97 Å². The lowest BCUT2D eigenvalue weighted by molar-refractivity contribution is -0.150. The van der Waals surface area contributed by atoms with Gasteiger partial charge in [0.2, 0.25) is 0 Å². The van der Waals surface area contributed by atoms with Crippen LogP contribution >= 0.6 is 0 Å². The van der Waals surface area contributed by atoms with Crippen LogP contribution in [0.2, 0.25) is 24.7 Å². The van der Waals surface area contributed by atoms with Gasteiger partial charge in [0.05, 0.1) is 6.61 Å². The van der Waals surface area contributed by atoms with Gasteiger partial charge in [0.15, 0.2) is 12.2 Å². The summed E-state index contributed by atoms with van der Waals surface area (Å²) < 4.78 is 18.4. The van der Waals surface area contributed by atoms with Crippen LogP contribution in [-0.4, -0.2) is 47.3 Å². The molecule has 0 bridgehead atoms. The molecule has 0 amide bonds. The molecule has 2 aromatic rings. The van der Waals surface area contributed by atoms with Crippen molar-refractivity contribution < 1.29 is 18.7 Å². The first-order valence-electron chi connectivity index (χ1n) is 12.7. The Bertz CT molecular complexity index is 1160. The number of rotatable bonds is 5. The van der Waals surface area contributed by atoms with Crippen molar-refractivity contribution >= 4 is 32.7 Å². The Kier molecular flexibility index (Phi) is 9.39. The van der Waals surface area contributed by atoms with Crippen LogP contribution in [0, 0.1) is 23.3 Å². The maximum Gasteiger partial charge on any atom is 0.303 e. The Morgan fingerprint density at radius 3 is 1.97 bits per heavy atom. The smallest absolute Gasteiger partial charge is 0.303 e. The van der Waals surface area contributed by atoms with Crippen LogP contribution in [0.3, 0.4) is 0 Å². The fourth-order valence-corrected chi connectivity index (χ4v) is 9.44. The minimum Gasteiger partial charge on any atom is -0.454 e. The molecule has 0 aliphatic carbocycles. The summed E-state index contributed by atoms with van der Waals surface area (Å²) in [6, 6.07) is 20.9. The molecule has 6 heteroatoms. The van der Waals surface area contributed by atoms with Gasteiger partial charge in [0.25, 0.3) is 8.32 Å². The molecule has 37 heavy (non-hydrogen) atoms. The van der Waals surface area contributed by atoms with Gasteiger partial charge in [-0.1, -0.05) is 119 Å². The monoisotopic (exact) mass is 530 g/mol. The number of hydrogen-bond acceptors (Lipinski definition) is 4. The van der Waals surface area contributed by atoms with E-state index in [4.69, 9.17) is 13.9 Å². The molecule has 0 saturated carbocycles. The average molecular weight is 531 g/mol. The van der Waals surface area contributed by atoms with Gasteiger partial charge in [0, 0.05) is 6.92 Å². The van der Waals surface area contributed by atoms with Crippen LogP contribution in [0.15, 0.2) is 72.8 Å². The first-order valence-corrected chi connectivity index (χ1v) is 18.1. The molecular weight excluding hydrogens is 493 g/mol. The maximum atomic E-state index is 11.7. The fraction of sp³-hybridized carbons (Fsp3) is 0.387. The van der Waals surface area contributed by atoms with E-state index in [1.807, 2.05) is 24.3 Å². The molecule has 0 fully saturated rings. The third kappa shape index (κ3) is 7.57. The summed E-state index contributed by atoms with van der Waals surface area (Å²) in [5.74, 6) is 9.20. The molecule has 0 spiro atoms. The summed E-state index contributed by atoms with van der Waals surface area (Å²) in [6.45, 7) is 14.9. The van der Waals surface area contributed by atoms with Gasteiger partial charge in [0.1, 0.15) is 14.2 Å². The van der Waals surface area contributed by atoms with Crippen LogP contribution in [0.1, 0.15) is 27.7 Å². The molecule has 2 aromatic carbocycles. The predicted molar refractivity (Wildman–Crippen MR) is 156 cm³/mol. The van der Waals surface area contributed by atoms with Gasteiger partial charge in [-0.15, -0.1) is 5.54 Å². The highest BCUT2D eigenvalue weighted by Gasteiger charge is 2.50. The normalized spacial score (nSPS) is 19.7. The maximum absolute atomic E-state index is 11.7. The lowest BCUT2D eigenvalue weighted by atomic mass is 10.1. The van der Waals surface area contributed by atoms with Gasteiger partial charge in [-0.3, -0.25) is 4.79 Å². The SMILES string of the molecule is CC(=O)O[C@H]1C=C[C@@H](C#C[Si](C)(C)C)O[C@@H]1C#CCO[Si](c1ccccc1)(c1ccccc1)C(C)(C)C. The zero-order valence-electron chi connectivity index (χ0n) is 23.0. The number of carbonyl (C=O) groups is 1. The molecule has 1 aliphatic heterocycles. The largest absolute Gasteiger partial charge is 0.454 e. The number of esters is 1. The van der Waals surface area contributed by atoms with Gasteiger partial charge < -0.3 is 13.9 Å². The van der Waals surface area contributed by atoms with Gasteiger partial charge in [-0.25, -0.2) is 0 Å². The third-order valence-corrected chi connectivity index (χ3v) is 11.9. The molecule has 3 atom stereocenters. The second kappa shape index (κ2) is 12.1. The van der Waals surface area contributed by atoms with Crippen molar-refractivity contribution in [1.82, 2.24) is 0 Å². The molecule has 0 N–H and O–H groups in total. The van der Waals surface area contributed by atoms with E-state index in [1.165, 1.54) is 17.3 Å². The highest BCUT2D eigenvalue weighted by molar-refractivity contribution is 6.99. The molecule has 1 aliphatic rings. The summed E-state index contributed by atoms with van der Waals surface area (Å²) in [6.07, 6.45) is 2.10. The molecule has 0 radical (unpaired) electrons. The Balaban J connectivity index is 1.90. The molecule has 0 aromatic heterocycles. The van der Waals surface area contributed by atoms with Crippen LogP contribution in [-0.2, 0) is 18.7 Å². The third-order valence-electron chi connectivity index (χ3n) is 5.98. The van der Waals surface area contributed by atoms with E-state index in [1.54, 1.807) is 0 Å². The molecule has 1 heterocycles. The van der Waals surface area contributed by atoms with Crippen LogP contribution in [0.4, 0.5) is 0 Å². The summed E-state index contributed by atoms with van der Waals surface area (Å²) >= 11 is 0. The van der Waals surface area contributed by atoms with E-state index >= 15 is 0 Å². The van der Waals surface area contributed by atoms with Gasteiger partial charge in [-0.2, -0.15) is 0 Å². The van der Waals surface area contributed by atoms with E-state index in [-0.39, 0.29) is 23.7 Å². The number of benzene rings is 2. The Morgan fingerprint density at radius 2 is 1.49 bits per heavy atom. The highest BCUT2D eigenvalue weighted by atomic mass is 28.4. The number of hydrogen-bond donors (Lipinski definition) is 0. The topological polar surface area (TPSA) is 44.8 Å². The van der Waals surface area contributed by atoms with Crippen molar-refractivity contribution in [3.05, 3.63) is 72.8 Å². The van der Waals surface area contributed by atoms with E-state index in [0.717, 1.165) is 0 Å². The van der Waals surface area contributed by atoms with E-state index in [0.29, 0.717) is 0 Å². The minimum atomic E-state index is -2.69. The standard InChI is InChI=1S/C31H38O4Si2/c1-25(32)34-30-21-20-26(22-24-36(5,6)7)35-29(30)19-14-23-33-37(31(2,3)4,27-15-10-8-11-16-27)28-17-12-9-13-18-28/h8-13,15-18,20-21,26,29-30H,23H2,1-7H3/t26-,29+,30-/m0/s1. The second-order valence-electron chi connectivity index (χ2n) is 11.2. The summed E-state index contributed by atoms with van der Waals surface area (Å²) in [5, 5.41) is 2.26. The Morgan fingerprint density at radius 1 is 0.919 bits per heavy atom. The lowest BCUT2D eigenvalue weighted by Gasteiger charge is -2.42. The summed E-state index contributed by atoms with van der Waals surface area (Å²) in [4.78, 5) is 11.7. The highest BCUT2D eigenvalue weighted by Crippen LogP contribution is 2.36. The van der Waals surface area contributed by atoms with Crippen molar-refractivity contribution in [1.29, 1.82) is 0 Å². The number of ether oxygens (including phenoxy) is 2. The summed E-state index contributed by atoms with van der Waals surface area (Å²) in [7, 11) is -4.24. The minimum absolute atomic E-state index is 0.140. The first-order chi connectivity index (χ1) is 17.4. The van der Waals surface area contributed by atoms with Crippen LogP contribution in [0.5, 0.6) is 0 Å². The molecule has 194 valence electrons. The predicted octanol–water partition coefficient (Wildman–Crippen LogP) is 4.70. The molecule has 3 rings (SSSR count). The average Bonchev–Trinajstić information content (AvgIpc) is 2.83. The fourth-order valence-electron chi connectivity index (χ4n) is 4.42. The van der Waals surface area contributed by atoms with Crippen molar-refractivity contribution in [3.8, 4) is 23.3 Å². The van der Waals surface area contributed by atoms with E-state index in [2.05, 4.69) is 112 Å². The molecule has 0 saturated heterocycles. The lowest BCUT2D eigenvalue weighted by Crippen LogP contribution is -2.66. The van der Waals surface area contributed by atoms with Crippen molar-refractivity contribution in [3.63, 3.8) is 0 Å². The van der Waals surface area contributed by atoms with E-state index < -0.39 is 28.6 Å². The summed E-state index contributed by atoms with van der Waals surface area (Å²) in [5.41, 5.74) is 3.35. The molecule has 4 nitrogen and oxygen atoms in total. The Labute approximate surface area is 224 Å². The quantitative estimate of drug-likeness (QED) is 0.243.